The van der Waals surface area contributed by atoms with Gasteiger partial charge in [-0.25, -0.2) is 8.42 Å². The van der Waals surface area contributed by atoms with Crippen LogP contribution < -0.4 is 16.4 Å². The maximum Gasteiger partial charge on any atom is 0.237 e. The fourth-order valence-corrected chi connectivity index (χ4v) is 4.19. The van der Waals surface area contributed by atoms with Crippen molar-refractivity contribution in [1.29, 1.82) is 5.41 Å². The minimum Gasteiger partial charge on any atom is -0.384 e. The third kappa shape index (κ3) is 4.90. The lowest BCUT2D eigenvalue weighted by Crippen LogP contribution is -2.41. The molecule has 0 saturated carbocycles. The molecule has 0 aliphatic carbocycles. The largest absolute Gasteiger partial charge is 0.384 e. The second kappa shape index (κ2) is 7.61. The molecule has 2 rings (SSSR count). The van der Waals surface area contributed by atoms with E-state index in [0.717, 1.165) is 4.88 Å². The molecule has 1 saturated heterocycles. The minimum atomic E-state index is -3.13. The molecule has 1 aromatic rings. The Morgan fingerprint density at radius 1 is 1.57 bits per heavy atom. The van der Waals surface area contributed by atoms with Crippen LogP contribution in [0.4, 0.5) is 0 Å². The molecule has 0 aromatic carbocycles. The van der Waals surface area contributed by atoms with Crippen molar-refractivity contribution in [2.24, 2.45) is 5.73 Å². The first-order valence-corrected chi connectivity index (χ1v) is 9.67. The SMILES string of the molecule is CC(NC(=O)[C@@H]1C[C@@H](S(C)(=O)=O)CN1)c1cc(C(=N)N)cs1.Cl. The highest BCUT2D eigenvalue weighted by Gasteiger charge is 2.35. The number of halogens is 1. The van der Waals surface area contributed by atoms with Crippen LogP contribution in [0.15, 0.2) is 11.4 Å². The highest BCUT2D eigenvalue weighted by molar-refractivity contribution is 7.91. The molecule has 0 radical (unpaired) electrons. The van der Waals surface area contributed by atoms with Crippen LogP contribution in [-0.2, 0) is 14.6 Å². The van der Waals surface area contributed by atoms with Crippen LogP contribution >= 0.6 is 23.7 Å². The lowest BCUT2D eigenvalue weighted by molar-refractivity contribution is -0.123. The highest BCUT2D eigenvalue weighted by atomic mass is 35.5. The second-order valence-electron chi connectivity index (χ2n) is 5.53. The molecule has 3 atom stereocenters. The zero-order valence-electron chi connectivity index (χ0n) is 12.8. The summed E-state index contributed by atoms with van der Waals surface area (Å²) in [5, 5.41) is 14.5. The number of nitrogens with one attached hydrogen (secondary N) is 3. The Morgan fingerprint density at radius 3 is 2.70 bits per heavy atom. The van der Waals surface area contributed by atoms with Crippen molar-refractivity contribution in [1.82, 2.24) is 10.6 Å². The molecule has 1 aromatic heterocycles. The Bertz CT molecular complexity index is 689. The molecule has 10 heteroatoms. The maximum absolute atomic E-state index is 12.2. The van der Waals surface area contributed by atoms with Gasteiger partial charge in [-0.1, -0.05) is 0 Å². The van der Waals surface area contributed by atoms with E-state index in [0.29, 0.717) is 18.5 Å². The van der Waals surface area contributed by atoms with E-state index in [9.17, 15) is 13.2 Å². The van der Waals surface area contributed by atoms with Gasteiger partial charge in [0.1, 0.15) is 5.84 Å². The van der Waals surface area contributed by atoms with E-state index in [4.69, 9.17) is 11.1 Å². The number of hydrogen-bond donors (Lipinski definition) is 4. The lowest BCUT2D eigenvalue weighted by atomic mass is 10.2. The predicted molar refractivity (Wildman–Crippen MR) is 94.2 cm³/mol. The van der Waals surface area contributed by atoms with Crippen LogP contribution in [0, 0.1) is 5.41 Å². The summed E-state index contributed by atoms with van der Waals surface area (Å²) < 4.78 is 23.0. The number of nitrogen functional groups attached to an aromatic ring is 1. The van der Waals surface area contributed by atoms with Crippen LogP contribution in [-0.4, -0.2) is 44.3 Å². The lowest BCUT2D eigenvalue weighted by Gasteiger charge is -2.16. The molecule has 7 nitrogen and oxygen atoms in total. The predicted octanol–water partition coefficient (Wildman–Crippen LogP) is 0.406. The summed E-state index contributed by atoms with van der Waals surface area (Å²) in [6.07, 6.45) is 1.48. The topological polar surface area (TPSA) is 125 Å². The normalized spacial score (nSPS) is 22.2. The van der Waals surface area contributed by atoms with Crippen molar-refractivity contribution in [2.45, 2.75) is 30.7 Å². The van der Waals surface area contributed by atoms with Gasteiger partial charge in [-0.15, -0.1) is 23.7 Å². The summed E-state index contributed by atoms with van der Waals surface area (Å²) in [4.78, 5) is 13.1. The molecule has 1 unspecified atom stereocenters. The summed E-state index contributed by atoms with van der Waals surface area (Å²) >= 11 is 1.42. The quantitative estimate of drug-likeness (QED) is 0.434. The van der Waals surface area contributed by atoms with Crippen molar-refractivity contribution >= 4 is 45.3 Å². The second-order valence-corrected chi connectivity index (χ2v) is 8.80. The molecular formula is C13H21ClN4O3S2. The third-order valence-corrected chi connectivity index (χ3v) is 6.41. The number of rotatable bonds is 5. The van der Waals surface area contributed by atoms with E-state index < -0.39 is 21.1 Å². The zero-order chi connectivity index (χ0) is 16.5. The first-order valence-electron chi connectivity index (χ1n) is 6.84. The summed E-state index contributed by atoms with van der Waals surface area (Å²) in [6, 6.07) is 1.07. The monoisotopic (exact) mass is 380 g/mol. The third-order valence-electron chi connectivity index (χ3n) is 3.73. The Labute approximate surface area is 145 Å². The Hall–Kier alpha value is -1.16. The first-order chi connectivity index (χ1) is 10.2. The average Bonchev–Trinajstić information content (AvgIpc) is 3.07. The van der Waals surface area contributed by atoms with Gasteiger partial charge in [-0.3, -0.25) is 10.2 Å². The summed E-state index contributed by atoms with van der Waals surface area (Å²) in [5.41, 5.74) is 6.06. The van der Waals surface area contributed by atoms with Crippen molar-refractivity contribution in [3.63, 3.8) is 0 Å². The zero-order valence-corrected chi connectivity index (χ0v) is 15.3. The van der Waals surface area contributed by atoms with E-state index in [1.54, 1.807) is 11.4 Å². The number of amides is 1. The van der Waals surface area contributed by atoms with E-state index in [1.807, 2.05) is 6.92 Å². The number of thiophene rings is 1. The van der Waals surface area contributed by atoms with Crippen molar-refractivity contribution < 1.29 is 13.2 Å². The summed E-state index contributed by atoms with van der Waals surface area (Å²) in [6.45, 7) is 2.15. The minimum absolute atomic E-state index is 0. The number of amidine groups is 1. The molecule has 1 amide bonds. The standard InChI is InChI=1S/C13H20N4O3S2.ClH/c1-7(11-3-8(6-21-11)12(14)15)17-13(18)10-4-9(5-16-10)22(2,19)20;/h3,6-7,9-10,16H,4-5H2,1-2H3,(H3,14,15)(H,17,18);1H/t7?,9-,10+;/m1./s1. The number of hydrogen-bond acceptors (Lipinski definition) is 6. The number of sulfone groups is 1. The first kappa shape index (κ1) is 19.9. The molecule has 0 bridgehead atoms. The van der Waals surface area contributed by atoms with Crippen molar-refractivity contribution in [2.75, 3.05) is 12.8 Å². The molecule has 2 heterocycles. The van der Waals surface area contributed by atoms with Gasteiger partial charge in [-0.05, 0) is 19.4 Å². The molecule has 0 spiro atoms. The van der Waals surface area contributed by atoms with Crippen LogP contribution in [0.2, 0.25) is 0 Å². The highest BCUT2D eigenvalue weighted by Crippen LogP contribution is 2.22. The Kier molecular flexibility index (Phi) is 6.58. The molecular weight excluding hydrogens is 360 g/mol. The molecule has 5 N–H and O–H groups in total. The van der Waals surface area contributed by atoms with Crippen LogP contribution in [0.1, 0.15) is 29.8 Å². The molecule has 1 aliphatic heterocycles. The Balaban J connectivity index is 0.00000264. The number of carbonyl (C=O) groups is 1. The van der Waals surface area contributed by atoms with Gasteiger partial charge >= 0.3 is 0 Å². The Morgan fingerprint density at radius 2 is 2.22 bits per heavy atom. The number of carbonyl (C=O) groups excluding carboxylic acids is 1. The summed E-state index contributed by atoms with van der Waals surface area (Å²) in [5.74, 6) is -0.217. The van der Waals surface area contributed by atoms with Crippen LogP contribution in [0.25, 0.3) is 0 Å². The van der Waals surface area contributed by atoms with Crippen LogP contribution in [0.3, 0.4) is 0 Å². The van der Waals surface area contributed by atoms with Crippen molar-refractivity contribution in [3.05, 3.63) is 21.9 Å². The van der Waals surface area contributed by atoms with Gasteiger partial charge in [0.25, 0.3) is 0 Å². The van der Waals surface area contributed by atoms with Crippen molar-refractivity contribution in [3.8, 4) is 0 Å². The van der Waals surface area contributed by atoms with Gasteiger partial charge in [0.05, 0.1) is 17.3 Å². The van der Waals surface area contributed by atoms with E-state index >= 15 is 0 Å². The number of nitrogens with two attached hydrogens (primary N) is 1. The summed E-state index contributed by atoms with van der Waals surface area (Å²) in [7, 11) is -3.13. The maximum atomic E-state index is 12.2. The molecule has 1 fully saturated rings. The fourth-order valence-electron chi connectivity index (χ4n) is 2.34. The smallest absolute Gasteiger partial charge is 0.237 e. The van der Waals surface area contributed by atoms with E-state index in [-0.39, 0.29) is 30.2 Å². The van der Waals surface area contributed by atoms with Gasteiger partial charge in [0.2, 0.25) is 5.91 Å². The van der Waals surface area contributed by atoms with E-state index in [1.165, 1.54) is 17.6 Å². The molecule has 1 aliphatic rings. The van der Waals surface area contributed by atoms with E-state index in [2.05, 4.69) is 10.6 Å². The molecule has 130 valence electrons. The van der Waals surface area contributed by atoms with Gasteiger partial charge < -0.3 is 16.4 Å². The average molecular weight is 381 g/mol. The van der Waals surface area contributed by atoms with Gasteiger partial charge in [-0.2, -0.15) is 0 Å². The van der Waals surface area contributed by atoms with Gasteiger partial charge in [0.15, 0.2) is 9.84 Å². The van der Waals surface area contributed by atoms with Crippen LogP contribution in [0.5, 0.6) is 0 Å². The fraction of sp³-hybridized carbons (Fsp3) is 0.538. The molecule has 23 heavy (non-hydrogen) atoms. The van der Waals surface area contributed by atoms with Gasteiger partial charge in [0, 0.05) is 28.6 Å².